The maximum absolute atomic E-state index is 12.4. The fourth-order valence-corrected chi connectivity index (χ4v) is 4.11. The fourth-order valence-electron chi connectivity index (χ4n) is 3.33. The lowest BCUT2D eigenvalue weighted by Crippen LogP contribution is -2.36. The molecule has 1 fully saturated rings. The molecule has 0 aliphatic carbocycles. The van der Waals surface area contributed by atoms with Crippen molar-refractivity contribution in [3.05, 3.63) is 51.7 Å². The van der Waals surface area contributed by atoms with Crippen LogP contribution in [0.1, 0.15) is 52.7 Å². The number of anilines is 1. The van der Waals surface area contributed by atoms with Crippen LogP contribution in [0.2, 0.25) is 0 Å². The zero-order chi connectivity index (χ0) is 19.2. The van der Waals surface area contributed by atoms with E-state index >= 15 is 0 Å². The van der Waals surface area contributed by atoms with Crippen molar-refractivity contribution in [2.24, 2.45) is 0 Å². The van der Waals surface area contributed by atoms with Crippen molar-refractivity contribution >= 4 is 28.9 Å². The molecule has 1 atom stereocenters. The SMILES string of the molecule is CCCCc1ccc(N2C(=O)CC[C@H]2COCc2ccc(C(=O)O)s2)cc1. The average Bonchev–Trinajstić information content (AvgIpc) is 3.28. The molecule has 0 unspecified atom stereocenters. The van der Waals surface area contributed by atoms with Gasteiger partial charge in [-0.25, -0.2) is 4.79 Å². The number of carbonyl (C=O) groups is 2. The predicted molar refractivity (Wildman–Crippen MR) is 106 cm³/mol. The molecular weight excluding hydrogens is 362 g/mol. The minimum absolute atomic E-state index is 0.0258. The number of carboxylic acids is 1. The van der Waals surface area contributed by atoms with Crippen LogP contribution in [0.4, 0.5) is 5.69 Å². The standard InChI is InChI=1S/C21H25NO4S/c1-2-3-4-15-5-7-16(8-6-15)22-17(9-12-20(22)23)13-26-14-18-10-11-19(27-18)21(24)25/h5-8,10-11,17H,2-4,9,12-14H2,1H3,(H,24,25)/t17-/m0/s1. The summed E-state index contributed by atoms with van der Waals surface area (Å²) in [4.78, 5) is 26.3. The number of carboxylic acid groups (broad SMARTS) is 1. The Bertz CT molecular complexity index is 784. The summed E-state index contributed by atoms with van der Waals surface area (Å²) in [5.74, 6) is -0.782. The lowest BCUT2D eigenvalue weighted by Gasteiger charge is -2.25. The molecule has 144 valence electrons. The Balaban J connectivity index is 1.57. The maximum Gasteiger partial charge on any atom is 0.345 e. The number of unbranched alkanes of at least 4 members (excludes halogenated alkanes) is 1. The van der Waals surface area contributed by atoms with E-state index in [4.69, 9.17) is 9.84 Å². The number of nitrogens with zero attached hydrogens (tertiary/aromatic N) is 1. The highest BCUT2D eigenvalue weighted by atomic mass is 32.1. The van der Waals surface area contributed by atoms with Gasteiger partial charge in [-0.1, -0.05) is 25.5 Å². The number of amides is 1. The van der Waals surface area contributed by atoms with Crippen molar-refractivity contribution in [3.63, 3.8) is 0 Å². The quantitative estimate of drug-likeness (QED) is 0.688. The zero-order valence-electron chi connectivity index (χ0n) is 15.5. The topological polar surface area (TPSA) is 66.8 Å². The summed E-state index contributed by atoms with van der Waals surface area (Å²) in [6.07, 6.45) is 4.72. The number of ether oxygens (including phenoxy) is 1. The molecule has 6 heteroatoms. The van der Waals surface area contributed by atoms with Crippen molar-refractivity contribution in [2.45, 2.75) is 51.7 Å². The highest BCUT2D eigenvalue weighted by Crippen LogP contribution is 2.28. The number of rotatable bonds is 9. The van der Waals surface area contributed by atoms with Gasteiger partial charge < -0.3 is 14.7 Å². The molecule has 3 rings (SSSR count). The molecule has 27 heavy (non-hydrogen) atoms. The average molecular weight is 388 g/mol. The summed E-state index contributed by atoms with van der Waals surface area (Å²) >= 11 is 1.22. The molecule has 1 amide bonds. The van der Waals surface area contributed by atoms with Gasteiger partial charge in [0, 0.05) is 17.0 Å². The number of carbonyl (C=O) groups excluding carboxylic acids is 1. The lowest BCUT2D eigenvalue weighted by molar-refractivity contribution is -0.117. The second-order valence-corrected chi connectivity index (χ2v) is 7.98. The number of aryl methyl sites for hydroxylation is 1. The molecule has 0 saturated carbocycles. The largest absolute Gasteiger partial charge is 0.477 e. The van der Waals surface area contributed by atoms with Crippen LogP contribution in [0.25, 0.3) is 0 Å². The number of hydrogen-bond donors (Lipinski definition) is 1. The first kappa shape index (κ1) is 19.6. The van der Waals surface area contributed by atoms with Crippen LogP contribution in [0.3, 0.4) is 0 Å². The molecule has 1 saturated heterocycles. The third-order valence-corrected chi connectivity index (χ3v) is 5.83. The molecule has 5 nitrogen and oxygen atoms in total. The van der Waals surface area contributed by atoms with Gasteiger partial charge in [-0.2, -0.15) is 0 Å². The first-order valence-electron chi connectivity index (χ1n) is 9.39. The van der Waals surface area contributed by atoms with Gasteiger partial charge in [0.05, 0.1) is 19.3 Å². The molecule has 1 aromatic heterocycles. The van der Waals surface area contributed by atoms with E-state index in [1.54, 1.807) is 12.1 Å². The second kappa shape index (κ2) is 9.15. The third kappa shape index (κ3) is 4.96. The molecule has 1 aliphatic heterocycles. The second-order valence-electron chi connectivity index (χ2n) is 6.81. The fraction of sp³-hybridized carbons (Fsp3) is 0.429. The highest BCUT2D eigenvalue weighted by Gasteiger charge is 2.32. The van der Waals surface area contributed by atoms with Gasteiger partial charge in [-0.05, 0) is 49.1 Å². The van der Waals surface area contributed by atoms with Gasteiger partial charge in [0.1, 0.15) is 4.88 Å². The molecule has 0 bridgehead atoms. The molecule has 2 heterocycles. The third-order valence-electron chi connectivity index (χ3n) is 4.79. The maximum atomic E-state index is 12.4. The normalized spacial score (nSPS) is 16.9. The van der Waals surface area contributed by atoms with Gasteiger partial charge in [0.15, 0.2) is 0 Å². The Hall–Kier alpha value is -2.18. The number of hydrogen-bond acceptors (Lipinski definition) is 4. The van der Waals surface area contributed by atoms with Gasteiger partial charge >= 0.3 is 5.97 Å². The van der Waals surface area contributed by atoms with Gasteiger partial charge in [-0.3, -0.25) is 4.79 Å². The van der Waals surface area contributed by atoms with Crippen LogP contribution >= 0.6 is 11.3 Å². The molecule has 1 aliphatic rings. The summed E-state index contributed by atoms with van der Waals surface area (Å²) in [7, 11) is 0. The van der Waals surface area contributed by atoms with E-state index in [-0.39, 0.29) is 11.9 Å². The van der Waals surface area contributed by atoms with Gasteiger partial charge in [-0.15, -0.1) is 11.3 Å². The molecule has 2 aromatic rings. The summed E-state index contributed by atoms with van der Waals surface area (Å²) < 4.78 is 5.80. The van der Waals surface area contributed by atoms with E-state index in [1.165, 1.54) is 29.7 Å². The highest BCUT2D eigenvalue weighted by molar-refractivity contribution is 7.13. The van der Waals surface area contributed by atoms with Crippen molar-refractivity contribution in [3.8, 4) is 0 Å². The van der Waals surface area contributed by atoms with Crippen molar-refractivity contribution in [1.29, 1.82) is 0 Å². The monoisotopic (exact) mass is 387 g/mol. The van der Waals surface area contributed by atoms with E-state index in [9.17, 15) is 9.59 Å². The zero-order valence-corrected chi connectivity index (χ0v) is 16.3. The number of benzene rings is 1. The minimum atomic E-state index is -0.916. The van der Waals surface area contributed by atoms with Crippen molar-refractivity contribution < 1.29 is 19.4 Å². The Labute approximate surface area is 163 Å². The van der Waals surface area contributed by atoms with Crippen molar-refractivity contribution in [1.82, 2.24) is 0 Å². The first-order chi connectivity index (χ1) is 13.1. The van der Waals surface area contributed by atoms with Crippen LogP contribution in [0, 0.1) is 0 Å². The molecule has 0 spiro atoms. The molecule has 1 N–H and O–H groups in total. The summed E-state index contributed by atoms with van der Waals surface area (Å²) in [5, 5.41) is 8.98. The van der Waals surface area contributed by atoms with Gasteiger partial charge in [0.2, 0.25) is 5.91 Å². The van der Waals surface area contributed by atoms with Crippen LogP contribution in [0.5, 0.6) is 0 Å². The van der Waals surface area contributed by atoms with Gasteiger partial charge in [0.25, 0.3) is 0 Å². The Morgan fingerprint density at radius 2 is 2.04 bits per heavy atom. The van der Waals surface area contributed by atoms with E-state index in [0.717, 1.165) is 23.4 Å². The molecule has 0 radical (unpaired) electrons. The molecule has 1 aromatic carbocycles. The van der Waals surface area contributed by atoms with Crippen LogP contribution in [0.15, 0.2) is 36.4 Å². The summed E-state index contributed by atoms with van der Waals surface area (Å²) in [6, 6.07) is 11.7. The van der Waals surface area contributed by atoms with Crippen LogP contribution in [-0.2, 0) is 22.6 Å². The first-order valence-corrected chi connectivity index (χ1v) is 10.2. The van der Waals surface area contributed by atoms with Crippen LogP contribution < -0.4 is 4.90 Å². The Kier molecular flexibility index (Phi) is 6.63. The summed E-state index contributed by atoms with van der Waals surface area (Å²) in [6.45, 7) is 3.00. The van der Waals surface area contributed by atoms with E-state index in [2.05, 4.69) is 19.1 Å². The minimum Gasteiger partial charge on any atom is -0.477 e. The van der Waals surface area contributed by atoms with Crippen LogP contribution in [-0.4, -0.2) is 29.6 Å². The smallest absolute Gasteiger partial charge is 0.345 e. The lowest BCUT2D eigenvalue weighted by atomic mass is 10.1. The van der Waals surface area contributed by atoms with E-state index in [0.29, 0.717) is 24.5 Å². The predicted octanol–water partition coefficient (Wildman–Crippen LogP) is 4.50. The van der Waals surface area contributed by atoms with E-state index < -0.39 is 5.97 Å². The summed E-state index contributed by atoms with van der Waals surface area (Å²) in [5.41, 5.74) is 2.22. The number of thiophene rings is 1. The van der Waals surface area contributed by atoms with E-state index in [1.807, 2.05) is 17.0 Å². The Morgan fingerprint density at radius 1 is 1.26 bits per heavy atom. The van der Waals surface area contributed by atoms with Crippen molar-refractivity contribution in [2.75, 3.05) is 11.5 Å². The molecular formula is C21H25NO4S. The Morgan fingerprint density at radius 3 is 2.70 bits per heavy atom. The number of aromatic carboxylic acids is 1.